The number of benzene rings is 6. The summed E-state index contributed by atoms with van der Waals surface area (Å²) in [6.07, 6.45) is -3.89. The zero-order valence-electron chi connectivity index (χ0n) is 44.3. The summed E-state index contributed by atoms with van der Waals surface area (Å²) in [5.74, 6) is -3.06. The Bertz CT molecular complexity index is 2940. The smallest absolute Gasteiger partial charge is 0.414 e. The number of nitrogens with one attached hydrogen (secondary N) is 7. The molecule has 0 aromatic heterocycles. The first-order valence-electron chi connectivity index (χ1n) is 25.4. The van der Waals surface area contributed by atoms with Crippen molar-refractivity contribution >= 4 is 54.0 Å². The first kappa shape index (κ1) is 59.2. The molecule has 0 aliphatic rings. The number of nitrogens with zero attached hydrogens (tertiary/aromatic N) is 2. The van der Waals surface area contributed by atoms with Crippen LogP contribution in [0.5, 0.6) is 5.75 Å². The van der Waals surface area contributed by atoms with Gasteiger partial charge in [-0.15, -0.1) is 0 Å². The van der Waals surface area contributed by atoms with Gasteiger partial charge in [0.25, 0.3) is 0 Å². The molecule has 7 amide bonds. The van der Waals surface area contributed by atoms with Crippen LogP contribution in [0.15, 0.2) is 174 Å². The number of hydrogen-bond acceptors (Lipinski definition) is 14. The first-order chi connectivity index (χ1) is 38.6. The van der Waals surface area contributed by atoms with Gasteiger partial charge in [-0.25, -0.2) is 29.2 Å². The summed E-state index contributed by atoms with van der Waals surface area (Å²) < 4.78 is 21.4. The lowest BCUT2D eigenvalue weighted by atomic mass is 9.95. The van der Waals surface area contributed by atoms with Gasteiger partial charge in [0.1, 0.15) is 50.8 Å². The number of phenols is 1. The van der Waals surface area contributed by atoms with Crippen LogP contribution in [0.1, 0.15) is 51.4 Å². The van der Waals surface area contributed by atoms with Crippen molar-refractivity contribution in [1.82, 2.24) is 37.2 Å². The average Bonchev–Trinajstić information content (AvgIpc) is 3.45. The van der Waals surface area contributed by atoms with E-state index in [9.17, 15) is 38.7 Å². The normalized spacial score (nSPS) is 11.6. The van der Waals surface area contributed by atoms with Crippen molar-refractivity contribution in [2.75, 3.05) is 13.1 Å². The molecule has 0 spiro atoms. The van der Waals surface area contributed by atoms with Crippen molar-refractivity contribution in [3.8, 4) is 5.75 Å². The molecule has 6 aromatic carbocycles. The zero-order valence-corrected chi connectivity index (χ0v) is 44.3. The van der Waals surface area contributed by atoms with Crippen LogP contribution >= 0.6 is 0 Å². The number of ether oxygens (including phenoxy) is 4. The Morgan fingerprint density at radius 1 is 0.487 bits per heavy atom. The number of phenolic OH excluding ortho intramolecular Hbond substituents is 1. The second-order valence-electron chi connectivity index (χ2n) is 18.1. The summed E-state index contributed by atoms with van der Waals surface area (Å²) in [5, 5.41) is 28.2. The van der Waals surface area contributed by atoms with Gasteiger partial charge in [0.15, 0.2) is 0 Å². The molecule has 0 saturated heterocycles. The number of alkyl carbamates (subject to hydrolysis) is 4. The molecule has 0 aliphatic carbocycles. The van der Waals surface area contributed by atoms with E-state index in [-0.39, 0.29) is 51.6 Å². The van der Waals surface area contributed by atoms with Crippen LogP contribution in [0.4, 0.5) is 19.2 Å². The molecule has 3 atom stereocenters. The fraction of sp³-hybridized carbons (Fsp3) is 0.237. The molecule has 0 fully saturated rings. The van der Waals surface area contributed by atoms with E-state index in [4.69, 9.17) is 18.9 Å². The second-order valence-corrected chi connectivity index (χ2v) is 18.1. The lowest BCUT2D eigenvalue weighted by Gasteiger charge is -2.23. The monoisotopic (exact) mass is 1090 g/mol. The molecule has 3 unspecified atom stereocenters. The highest BCUT2D eigenvalue weighted by atomic mass is 16.6. The van der Waals surface area contributed by atoms with Gasteiger partial charge >= 0.3 is 24.4 Å². The molecule has 6 rings (SSSR count). The molecule has 0 heterocycles. The molecule has 416 valence electrons. The Balaban J connectivity index is 1.16. The van der Waals surface area contributed by atoms with Crippen molar-refractivity contribution in [3.05, 3.63) is 208 Å². The minimum Gasteiger partial charge on any atom is -0.508 e. The van der Waals surface area contributed by atoms with Crippen LogP contribution in [0.2, 0.25) is 0 Å². The molecule has 0 bridgehead atoms. The molecule has 21 heteroatoms. The van der Waals surface area contributed by atoms with Crippen LogP contribution in [0, 0.1) is 13.8 Å². The minimum atomic E-state index is -1.43. The maximum absolute atomic E-state index is 14.4. The third kappa shape index (κ3) is 21.2. The summed E-state index contributed by atoms with van der Waals surface area (Å²) >= 11 is 0. The fourth-order valence-electron chi connectivity index (χ4n) is 7.72. The molecule has 0 saturated carbocycles. The van der Waals surface area contributed by atoms with Crippen molar-refractivity contribution in [2.24, 2.45) is 9.98 Å². The van der Waals surface area contributed by atoms with E-state index >= 15 is 0 Å². The van der Waals surface area contributed by atoms with Gasteiger partial charge in [-0.1, -0.05) is 152 Å². The highest BCUT2D eigenvalue weighted by molar-refractivity contribution is 6.03. The summed E-state index contributed by atoms with van der Waals surface area (Å²) in [5.41, 5.74) is 5.37. The number of carbonyl (C=O) groups is 7. The number of guanidine groups is 2. The van der Waals surface area contributed by atoms with Crippen LogP contribution in [0.3, 0.4) is 0 Å². The quantitative estimate of drug-likeness (QED) is 0.0213. The number of hydrogen-bond donors (Lipinski definition) is 8. The van der Waals surface area contributed by atoms with Gasteiger partial charge in [-0.2, -0.15) is 0 Å². The standard InChI is InChI=1S/C59H63N9O12/c1-39-29-48(69)30-40(2)49(39)32-50(64-55(67-58(75)79-37-45-25-15-7-16-26-45)68-59(76)80-38-46-27-17-8-18-28-46)53(72)62-41(3)52(71)60-33-47(31-42-19-9-4-10-20-42)63-51(70)34-61-54(65-56(73)77-35-43-21-11-5-12-22-43)66-57(74)78-36-44-23-13-6-14-24-44/h4-30,41,47,50,69H,31-38H2,1-3H3,(H,60,71)(H,62,72)(H,63,70)(H2,61,65,66,73,74)(H2,64,67,68,75,76). The number of rotatable bonds is 21. The predicted molar refractivity (Wildman–Crippen MR) is 297 cm³/mol. The lowest BCUT2D eigenvalue weighted by Crippen LogP contribution is -2.52. The van der Waals surface area contributed by atoms with Crippen LogP contribution in [-0.4, -0.2) is 90.3 Å². The molecule has 21 nitrogen and oxygen atoms in total. The molecule has 0 radical (unpaired) electrons. The number of aromatic hydroxyl groups is 1. The summed E-state index contributed by atoms with van der Waals surface area (Å²) in [4.78, 5) is 103. The van der Waals surface area contributed by atoms with Gasteiger partial charge in [0.2, 0.25) is 29.6 Å². The lowest BCUT2D eigenvalue weighted by molar-refractivity contribution is -0.129. The Morgan fingerprint density at radius 3 is 1.26 bits per heavy atom. The number of aryl methyl sites for hydroxylation is 2. The van der Waals surface area contributed by atoms with Gasteiger partial charge in [0, 0.05) is 13.0 Å². The van der Waals surface area contributed by atoms with Crippen molar-refractivity contribution in [1.29, 1.82) is 0 Å². The van der Waals surface area contributed by atoms with E-state index in [1.807, 2.05) is 42.5 Å². The van der Waals surface area contributed by atoms with E-state index in [2.05, 4.69) is 47.2 Å². The predicted octanol–water partition coefficient (Wildman–Crippen LogP) is 6.69. The van der Waals surface area contributed by atoms with Crippen molar-refractivity contribution in [3.63, 3.8) is 0 Å². The van der Waals surface area contributed by atoms with Crippen molar-refractivity contribution in [2.45, 2.75) is 78.2 Å². The summed E-state index contributed by atoms with van der Waals surface area (Å²) in [6, 6.07) is 44.1. The Morgan fingerprint density at radius 2 is 0.863 bits per heavy atom. The Labute approximate surface area is 462 Å². The first-order valence-corrected chi connectivity index (χ1v) is 25.4. The average molecular weight is 1090 g/mol. The van der Waals surface area contributed by atoms with E-state index < -0.39 is 78.7 Å². The maximum atomic E-state index is 14.4. The van der Waals surface area contributed by atoms with Crippen LogP contribution in [0.25, 0.3) is 0 Å². The molecule has 0 aliphatic heterocycles. The fourth-order valence-corrected chi connectivity index (χ4v) is 7.72. The summed E-state index contributed by atoms with van der Waals surface area (Å²) in [6.45, 7) is 3.67. The van der Waals surface area contributed by atoms with E-state index in [1.165, 1.54) is 19.1 Å². The summed E-state index contributed by atoms with van der Waals surface area (Å²) in [7, 11) is 0. The Hall–Kier alpha value is -10.1. The van der Waals surface area contributed by atoms with Crippen molar-refractivity contribution < 1.29 is 57.6 Å². The van der Waals surface area contributed by atoms with Crippen LogP contribution in [-0.2, 0) is 72.6 Å². The highest BCUT2D eigenvalue weighted by Crippen LogP contribution is 2.23. The molecule has 6 aromatic rings. The highest BCUT2D eigenvalue weighted by Gasteiger charge is 2.27. The Kier molecular flexibility index (Phi) is 23.1. The number of carbonyl (C=O) groups excluding carboxylic acids is 7. The van der Waals surface area contributed by atoms with Gasteiger partial charge < -0.3 is 40.0 Å². The third-order valence-corrected chi connectivity index (χ3v) is 11.7. The topological polar surface area (TPSA) is 286 Å². The largest absolute Gasteiger partial charge is 0.508 e. The second kappa shape index (κ2) is 31.2. The van der Waals surface area contributed by atoms with E-state index in [1.54, 1.807) is 123 Å². The van der Waals surface area contributed by atoms with Gasteiger partial charge in [-0.05, 0) is 83.8 Å². The van der Waals surface area contributed by atoms with Crippen LogP contribution < -0.4 is 37.2 Å². The molecule has 80 heavy (non-hydrogen) atoms. The minimum absolute atomic E-state index is 0.00774. The van der Waals surface area contributed by atoms with E-state index in [0.29, 0.717) is 38.9 Å². The third-order valence-electron chi connectivity index (χ3n) is 11.7. The zero-order chi connectivity index (χ0) is 57.1. The van der Waals surface area contributed by atoms with E-state index in [0.717, 1.165) is 5.56 Å². The molecular weight excluding hydrogens is 1030 g/mol. The molecule has 8 N–H and O–H groups in total. The maximum Gasteiger partial charge on any atom is 0.414 e. The number of amides is 7. The SMILES string of the molecule is Cc1cc(O)cc(C)c1CC(N=C(NC(=O)OCc1ccccc1)NC(=O)OCc1ccccc1)C(=O)NC(C)C(=O)NCC(Cc1ccccc1)NC(=O)CN=C(NC(=O)OCc1ccccc1)NC(=O)OCc1ccccc1. The van der Waals surface area contributed by atoms with Gasteiger partial charge in [0.05, 0.1) is 6.04 Å². The van der Waals surface area contributed by atoms with Gasteiger partial charge in [-0.3, -0.25) is 35.7 Å². The number of aliphatic imine (C=N–C) groups is 2. The molecular formula is C59H63N9O12.